The van der Waals surface area contributed by atoms with Crippen LogP contribution in [0.4, 0.5) is 0 Å². The van der Waals surface area contributed by atoms with E-state index in [1.165, 1.54) is 19.3 Å². The fourth-order valence-electron chi connectivity index (χ4n) is 3.15. The highest BCUT2D eigenvalue weighted by Gasteiger charge is 2.21. The van der Waals surface area contributed by atoms with Gasteiger partial charge < -0.3 is 15.5 Å². The number of nitrogens with one attached hydrogen (secondary N) is 2. The Morgan fingerprint density at radius 2 is 2.09 bits per heavy atom. The second-order valence-electron chi connectivity index (χ2n) is 6.12. The van der Waals surface area contributed by atoms with Crippen molar-refractivity contribution in [1.29, 1.82) is 0 Å². The van der Waals surface area contributed by atoms with E-state index in [0.717, 1.165) is 37.6 Å². The van der Waals surface area contributed by atoms with Crippen LogP contribution in [0.25, 0.3) is 0 Å². The first-order valence-corrected chi connectivity index (χ1v) is 9.64. The third kappa shape index (κ3) is 7.07. The first kappa shape index (κ1) is 20.9. The highest BCUT2D eigenvalue weighted by atomic mass is 127. The van der Waals surface area contributed by atoms with E-state index in [-0.39, 0.29) is 29.9 Å². The Morgan fingerprint density at radius 1 is 1.35 bits per heavy atom. The molecule has 0 aromatic rings. The van der Waals surface area contributed by atoms with Crippen molar-refractivity contribution < 1.29 is 4.79 Å². The number of carbonyl (C=O) groups excluding carboxylic acids is 1. The van der Waals surface area contributed by atoms with Crippen LogP contribution < -0.4 is 10.6 Å². The molecular weight excluding hydrogens is 423 g/mol. The molecule has 0 spiro atoms. The van der Waals surface area contributed by atoms with Crippen LogP contribution in [0.2, 0.25) is 0 Å². The minimum Gasteiger partial charge on any atom is -0.356 e. The van der Waals surface area contributed by atoms with Crippen molar-refractivity contribution in [2.45, 2.75) is 56.7 Å². The SMILES string of the molecule is CCC1CN(C(=NC)NCCC(=O)NC2CCCC2)CCS1.I. The van der Waals surface area contributed by atoms with Crippen LogP contribution in [-0.2, 0) is 4.79 Å². The molecule has 23 heavy (non-hydrogen) atoms. The second kappa shape index (κ2) is 11.4. The molecule has 7 heteroatoms. The van der Waals surface area contributed by atoms with Gasteiger partial charge in [-0.1, -0.05) is 19.8 Å². The summed E-state index contributed by atoms with van der Waals surface area (Å²) in [4.78, 5) is 18.6. The molecule has 5 nitrogen and oxygen atoms in total. The fourth-order valence-corrected chi connectivity index (χ4v) is 4.33. The molecule has 1 saturated heterocycles. The van der Waals surface area contributed by atoms with Gasteiger partial charge in [0.15, 0.2) is 5.96 Å². The van der Waals surface area contributed by atoms with Crippen LogP contribution in [0.15, 0.2) is 4.99 Å². The highest BCUT2D eigenvalue weighted by Crippen LogP contribution is 2.21. The van der Waals surface area contributed by atoms with Crippen molar-refractivity contribution in [1.82, 2.24) is 15.5 Å². The molecule has 1 unspecified atom stereocenters. The van der Waals surface area contributed by atoms with Crippen LogP contribution >= 0.6 is 35.7 Å². The van der Waals surface area contributed by atoms with Gasteiger partial charge in [0.1, 0.15) is 0 Å². The zero-order valence-corrected chi connectivity index (χ0v) is 17.5. The summed E-state index contributed by atoms with van der Waals surface area (Å²) in [6, 6.07) is 0.413. The fraction of sp³-hybridized carbons (Fsp3) is 0.875. The average molecular weight is 454 g/mol. The van der Waals surface area contributed by atoms with E-state index < -0.39 is 0 Å². The molecule has 1 saturated carbocycles. The van der Waals surface area contributed by atoms with Crippen LogP contribution in [0.5, 0.6) is 0 Å². The molecule has 2 fully saturated rings. The monoisotopic (exact) mass is 454 g/mol. The lowest BCUT2D eigenvalue weighted by atomic mass is 10.2. The van der Waals surface area contributed by atoms with Crippen LogP contribution in [0.1, 0.15) is 45.4 Å². The molecular formula is C16H31IN4OS. The predicted octanol–water partition coefficient (Wildman–Crippen LogP) is 2.46. The van der Waals surface area contributed by atoms with Crippen molar-refractivity contribution in [3.63, 3.8) is 0 Å². The van der Waals surface area contributed by atoms with E-state index in [9.17, 15) is 4.79 Å². The maximum absolute atomic E-state index is 11.9. The first-order chi connectivity index (χ1) is 10.7. The number of hydrogen-bond acceptors (Lipinski definition) is 3. The molecule has 1 atom stereocenters. The van der Waals surface area contributed by atoms with Gasteiger partial charge in [-0.2, -0.15) is 11.8 Å². The molecule has 1 aliphatic heterocycles. The highest BCUT2D eigenvalue weighted by molar-refractivity contribution is 14.0. The third-order valence-corrected chi connectivity index (χ3v) is 5.83. The van der Waals surface area contributed by atoms with Gasteiger partial charge in [-0.05, 0) is 19.3 Å². The van der Waals surface area contributed by atoms with Gasteiger partial charge >= 0.3 is 0 Å². The Balaban J connectivity index is 0.00000264. The molecule has 2 N–H and O–H groups in total. The predicted molar refractivity (Wildman–Crippen MR) is 110 cm³/mol. The van der Waals surface area contributed by atoms with E-state index >= 15 is 0 Å². The summed E-state index contributed by atoms with van der Waals surface area (Å²) in [5.74, 6) is 2.25. The van der Waals surface area contributed by atoms with Crippen molar-refractivity contribution in [3.05, 3.63) is 0 Å². The smallest absolute Gasteiger partial charge is 0.221 e. The maximum atomic E-state index is 11.9. The van der Waals surface area contributed by atoms with Crippen molar-refractivity contribution in [2.75, 3.05) is 32.4 Å². The third-order valence-electron chi connectivity index (χ3n) is 4.46. The lowest BCUT2D eigenvalue weighted by Crippen LogP contribution is -2.48. The van der Waals surface area contributed by atoms with Gasteiger partial charge in [-0.15, -0.1) is 24.0 Å². The number of nitrogens with zero attached hydrogens (tertiary/aromatic N) is 2. The molecule has 0 bridgehead atoms. The van der Waals surface area contributed by atoms with Crippen LogP contribution in [0.3, 0.4) is 0 Å². The normalized spacial score (nSPS) is 22.6. The molecule has 2 aliphatic rings. The standard InChI is InChI=1S/C16H30N4OS.HI/c1-3-14-12-20(10-11-22-14)16(17-2)18-9-8-15(21)19-13-6-4-5-7-13;/h13-14H,3-12H2,1-2H3,(H,17,18)(H,19,21);1H. The van der Waals surface area contributed by atoms with Crippen molar-refractivity contribution >= 4 is 47.6 Å². The van der Waals surface area contributed by atoms with Gasteiger partial charge in [-0.3, -0.25) is 9.79 Å². The number of halogens is 1. The molecule has 0 aromatic carbocycles. The van der Waals surface area contributed by atoms with Gasteiger partial charge in [0.25, 0.3) is 0 Å². The molecule has 134 valence electrons. The average Bonchev–Trinajstić information content (AvgIpc) is 3.04. The summed E-state index contributed by atoms with van der Waals surface area (Å²) in [5.41, 5.74) is 0. The molecule has 1 aliphatic carbocycles. The van der Waals surface area contributed by atoms with Gasteiger partial charge in [-0.25, -0.2) is 0 Å². The first-order valence-electron chi connectivity index (χ1n) is 8.59. The van der Waals surface area contributed by atoms with E-state index in [2.05, 4.69) is 39.2 Å². The van der Waals surface area contributed by atoms with Gasteiger partial charge in [0.2, 0.25) is 5.91 Å². The van der Waals surface area contributed by atoms with E-state index in [1.54, 1.807) is 0 Å². The molecule has 2 rings (SSSR count). The summed E-state index contributed by atoms with van der Waals surface area (Å²) in [7, 11) is 1.82. The lowest BCUT2D eigenvalue weighted by molar-refractivity contribution is -0.121. The zero-order valence-electron chi connectivity index (χ0n) is 14.3. The summed E-state index contributed by atoms with van der Waals surface area (Å²) < 4.78 is 0. The Hall–Kier alpha value is -0.180. The maximum Gasteiger partial charge on any atom is 0.221 e. The quantitative estimate of drug-likeness (QED) is 0.381. The van der Waals surface area contributed by atoms with Crippen LogP contribution in [-0.4, -0.2) is 60.5 Å². The minimum absolute atomic E-state index is 0. The van der Waals surface area contributed by atoms with Gasteiger partial charge in [0.05, 0.1) is 0 Å². The minimum atomic E-state index is 0. The topological polar surface area (TPSA) is 56.7 Å². The van der Waals surface area contributed by atoms with E-state index in [1.807, 2.05) is 7.05 Å². The summed E-state index contributed by atoms with van der Waals surface area (Å²) in [6.45, 7) is 4.99. The largest absolute Gasteiger partial charge is 0.356 e. The molecule has 0 radical (unpaired) electrons. The number of amides is 1. The number of hydrogen-bond donors (Lipinski definition) is 2. The summed E-state index contributed by atoms with van der Waals surface area (Å²) in [6.07, 6.45) is 6.51. The lowest BCUT2D eigenvalue weighted by Gasteiger charge is -2.34. The Labute approximate surface area is 161 Å². The van der Waals surface area contributed by atoms with E-state index in [0.29, 0.717) is 24.3 Å². The van der Waals surface area contributed by atoms with Crippen molar-refractivity contribution in [3.8, 4) is 0 Å². The number of thioether (sulfide) groups is 1. The van der Waals surface area contributed by atoms with Gasteiger partial charge in [0, 0.05) is 50.1 Å². The van der Waals surface area contributed by atoms with Crippen LogP contribution in [0, 0.1) is 0 Å². The number of guanidine groups is 1. The van der Waals surface area contributed by atoms with Crippen molar-refractivity contribution in [2.24, 2.45) is 4.99 Å². The molecule has 0 aromatic heterocycles. The summed E-state index contributed by atoms with van der Waals surface area (Å²) in [5, 5.41) is 7.17. The van der Waals surface area contributed by atoms with E-state index in [4.69, 9.17) is 0 Å². The molecule has 1 heterocycles. The Bertz CT molecular complexity index is 388. The second-order valence-corrected chi connectivity index (χ2v) is 7.53. The molecule has 1 amide bonds. The zero-order chi connectivity index (χ0) is 15.8. The summed E-state index contributed by atoms with van der Waals surface area (Å²) >= 11 is 2.05. The number of rotatable bonds is 5. The number of aliphatic imine (C=N–C) groups is 1. The Morgan fingerprint density at radius 3 is 2.74 bits per heavy atom. The number of carbonyl (C=O) groups is 1. The Kier molecular flexibility index (Phi) is 10.3.